The number of aliphatic hydroxyl groups is 1. The molecular weight excluding hydrogens is 600 g/mol. The third-order valence-corrected chi connectivity index (χ3v) is 5.22. The minimum absolute atomic E-state index is 0.522. The van der Waals surface area contributed by atoms with Crippen LogP contribution in [-0.2, 0) is 66.7 Å². The van der Waals surface area contributed by atoms with Crippen molar-refractivity contribution in [2.24, 2.45) is 10.8 Å². The van der Waals surface area contributed by atoms with Crippen molar-refractivity contribution in [1.82, 2.24) is 0 Å². The normalized spacial score (nSPS) is 10.2. The fourth-order valence-electron chi connectivity index (χ4n) is 2.64. The van der Waals surface area contributed by atoms with Crippen molar-refractivity contribution in [2.45, 2.75) is 0 Å². The molecule has 0 spiro atoms. The van der Waals surface area contributed by atoms with Crippen LogP contribution in [-0.4, -0.2) is 99.7 Å². The summed E-state index contributed by atoms with van der Waals surface area (Å²) >= 11 is 0. The van der Waals surface area contributed by atoms with Crippen LogP contribution in [0.2, 0.25) is 0 Å². The quantitative estimate of drug-likeness (QED) is 0.0740. The second kappa shape index (κ2) is 21.2. The van der Waals surface area contributed by atoms with Crippen LogP contribution < -0.4 is 0 Å². The van der Waals surface area contributed by atoms with Crippen LogP contribution in [0.25, 0.3) is 0 Å². The molecule has 1 N–H and O–H groups in total. The minimum Gasteiger partial charge on any atom is -0.462 e. The Bertz CT molecular complexity index is 1140. The SMILES string of the molecule is C=CC(=O)OCC(CO)(COC(=O)C=C)COC(=O)C=C=CC(=O)OCC(COC(=O)C=C)(COC(=O)C=C)COC(=O)C=C. The molecule has 0 unspecified atom stereocenters. The summed E-state index contributed by atoms with van der Waals surface area (Å²) in [5.41, 5.74) is -0.916. The van der Waals surface area contributed by atoms with Crippen LogP contribution in [0.3, 0.4) is 0 Å². The monoisotopic (exact) mass is 634 g/mol. The number of carbonyl (C=O) groups is 7. The number of hydrogen-bond acceptors (Lipinski definition) is 15. The van der Waals surface area contributed by atoms with Gasteiger partial charge in [0.15, 0.2) is 0 Å². The maximum atomic E-state index is 12.3. The first-order valence-corrected chi connectivity index (χ1v) is 12.7. The fourth-order valence-corrected chi connectivity index (χ4v) is 2.64. The van der Waals surface area contributed by atoms with Crippen LogP contribution in [0.4, 0.5) is 0 Å². The van der Waals surface area contributed by atoms with Crippen LogP contribution in [0, 0.1) is 10.8 Å². The van der Waals surface area contributed by atoms with E-state index < -0.39 is 105 Å². The average Bonchev–Trinajstić information content (AvgIpc) is 3.06. The first-order valence-electron chi connectivity index (χ1n) is 12.7. The molecule has 0 saturated carbocycles. The highest BCUT2D eigenvalue weighted by molar-refractivity contribution is 5.86. The van der Waals surface area contributed by atoms with E-state index in [9.17, 15) is 38.7 Å². The van der Waals surface area contributed by atoms with Crippen LogP contribution >= 0.6 is 0 Å². The van der Waals surface area contributed by atoms with Gasteiger partial charge in [-0.3, -0.25) is 0 Å². The van der Waals surface area contributed by atoms with Crippen LogP contribution in [0.5, 0.6) is 0 Å². The Labute approximate surface area is 258 Å². The lowest BCUT2D eigenvalue weighted by molar-refractivity contribution is -0.165. The maximum absolute atomic E-state index is 12.3. The molecule has 0 heterocycles. The van der Waals surface area contributed by atoms with Crippen molar-refractivity contribution in [2.75, 3.05) is 52.9 Å². The number of esters is 7. The summed E-state index contributed by atoms with van der Waals surface area (Å²) in [6, 6.07) is 0. The molecule has 0 aliphatic heterocycles. The Balaban J connectivity index is 5.66. The van der Waals surface area contributed by atoms with E-state index in [4.69, 9.17) is 33.2 Å². The summed E-state index contributed by atoms with van der Waals surface area (Å²) in [5, 5.41) is 9.87. The number of aliphatic hydroxyl groups excluding tert-OH is 1. The predicted molar refractivity (Wildman–Crippen MR) is 152 cm³/mol. The number of ether oxygens (including phenoxy) is 7. The smallest absolute Gasteiger partial charge is 0.338 e. The lowest BCUT2D eigenvalue weighted by Gasteiger charge is -2.30. The molecule has 15 nitrogen and oxygen atoms in total. The van der Waals surface area contributed by atoms with Crippen molar-refractivity contribution in [3.63, 3.8) is 0 Å². The molecule has 0 bridgehead atoms. The van der Waals surface area contributed by atoms with E-state index in [1.165, 1.54) is 0 Å². The number of rotatable bonds is 22. The van der Waals surface area contributed by atoms with Crippen LogP contribution in [0.1, 0.15) is 0 Å². The second-order valence-corrected chi connectivity index (χ2v) is 8.89. The average molecular weight is 635 g/mol. The van der Waals surface area contributed by atoms with Gasteiger partial charge in [-0.15, -0.1) is 5.73 Å². The number of hydrogen-bond donors (Lipinski definition) is 1. The van der Waals surface area contributed by atoms with Gasteiger partial charge in [0.2, 0.25) is 0 Å². The Hall–Kier alpha value is -5.53. The molecule has 45 heavy (non-hydrogen) atoms. The van der Waals surface area contributed by atoms with Crippen LogP contribution in [0.15, 0.2) is 81.2 Å². The second-order valence-electron chi connectivity index (χ2n) is 8.89. The Morgan fingerprint density at radius 2 is 0.667 bits per heavy atom. The molecule has 0 saturated heterocycles. The number of carbonyl (C=O) groups excluding carboxylic acids is 7. The highest BCUT2D eigenvalue weighted by atomic mass is 16.6. The first kappa shape index (κ1) is 39.5. The minimum atomic E-state index is -1.58. The molecule has 0 atom stereocenters. The van der Waals surface area contributed by atoms with E-state index in [1.807, 2.05) is 0 Å². The Morgan fingerprint density at radius 3 is 0.889 bits per heavy atom. The van der Waals surface area contributed by atoms with Crippen molar-refractivity contribution < 1.29 is 71.8 Å². The highest BCUT2D eigenvalue weighted by Gasteiger charge is 2.38. The van der Waals surface area contributed by atoms with Gasteiger partial charge in [0.1, 0.15) is 51.7 Å². The summed E-state index contributed by atoms with van der Waals surface area (Å²) in [4.78, 5) is 82.5. The van der Waals surface area contributed by atoms with Gasteiger partial charge in [-0.1, -0.05) is 32.9 Å². The first-order chi connectivity index (χ1) is 21.3. The molecule has 0 amide bonds. The lowest BCUT2D eigenvalue weighted by atomic mass is 9.92. The molecule has 244 valence electrons. The van der Waals surface area contributed by atoms with E-state index >= 15 is 0 Å². The third kappa shape index (κ3) is 16.6. The largest absolute Gasteiger partial charge is 0.462 e. The van der Waals surface area contributed by atoms with E-state index in [0.717, 1.165) is 30.4 Å². The maximum Gasteiger partial charge on any atom is 0.338 e. The van der Waals surface area contributed by atoms with Crippen molar-refractivity contribution in [1.29, 1.82) is 0 Å². The highest BCUT2D eigenvalue weighted by Crippen LogP contribution is 2.22. The molecule has 0 aromatic carbocycles. The Morgan fingerprint density at radius 1 is 0.444 bits per heavy atom. The lowest BCUT2D eigenvalue weighted by Crippen LogP contribution is -2.43. The molecule has 0 aromatic heterocycles. The molecule has 0 fully saturated rings. The van der Waals surface area contributed by atoms with E-state index in [2.05, 4.69) is 38.6 Å². The molecule has 0 radical (unpaired) electrons. The Kier molecular flexibility index (Phi) is 18.6. The summed E-state index contributed by atoms with van der Waals surface area (Å²) in [7, 11) is 0. The zero-order chi connectivity index (χ0) is 34.3. The molecule has 0 aliphatic rings. The van der Waals surface area contributed by atoms with Gasteiger partial charge in [0.05, 0.1) is 24.2 Å². The molecular formula is C30H34O15. The summed E-state index contributed by atoms with van der Waals surface area (Å²) in [5.74, 6) is -6.48. The zero-order valence-corrected chi connectivity index (χ0v) is 24.4. The summed E-state index contributed by atoms with van der Waals surface area (Å²) in [6.45, 7) is 11.6. The molecule has 0 aliphatic carbocycles. The molecule has 0 aromatic rings. The topological polar surface area (TPSA) is 204 Å². The predicted octanol–water partition coefficient (Wildman–Crippen LogP) is 0.395. The van der Waals surface area contributed by atoms with Crippen molar-refractivity contribution in [3.8, 4) is 0 Å². The van der Waals surface area contributed by atoms with Gasteiger partial charge >= 0.3 is 41.8 Å². The van der Waals surface area contributed by atoms with Crippen molar-refractivity contribution in [3.05, 3.63) is 81.2 Å². The summed E-state index contributed by atoms with van der Waals surface area (Å²) < 4.78 is 35.0. The zero-order valence-electron chi connectivity index (χ0n) is 24.4. The van der Waals surface area contributed by atoms with E-state index in [0.29, 0.717) is 12.2 Å². The van der Waals surface area contributed by atoms with E-state index in [-0.39, 0.29) is 0 Å². The summed E-state index contributed by atoms with van der Waals surface area (Å²) in [6.07, 6.45) is 5.63. The molecule has 15 heteroatoms. The van der Waals surface area contributed by atoms with Gasteiger partial charge < -0.3 is 38.3 Å². The van der Waals surface area contributed by atoms with Crippen molar-refractivity contribution >= 4 is 41.8 Å². The van der Waals surface area contributed by atoms with Gasteiger partial charge in [-0.05, 0) is 0 Å². The fraction of sp³-hybridized carbons (Fsp3) is 0.333. The third-order valence-electron chi connectivity index (χ3n) is 5.22. The van der Waals surface area contributed by atoms with E-state index in [1.54, 1.807) is 0 Å². The van der Waals surface area contributed by atoms with Gasteiger partial charge in [-0.25, -0.2) is 33.6 Å². The van der Waals surface area contributed by atoms with Gasteiger partial charge in [0.25, 0.3) is 0 Å². The standard InChI is InChI=1S/C30H34O15/c1-6-22(32)39-15-29(14-31,16-40-23(33)7-2)17-44-27(37)12-11-13-28(38)45-21-30(18-41-24(34)8-3,19-42-25(35)9-4)20-43-26(36)10-5/h6-10,12-13,31H,1-5,14-21H2. The van der Waals surface area contributed by atoms with Gasteiger partial charge in [0, 0.05) is 30.4 Å². The molecule has 0 rings (SSSR count). The van der Waals surface area contributed by atoms with Gasteiger partial charge in [-0.2, -0.15) is 0 Å².